The van der Waals surface area contributed by atoms with Crippen molar-refractivity contribution in [2.75, 3.05) is 24.3 Å². The number of fused-ring (bicyclic) bond motifs is 2. The monoisotopic (exact) mass is 428 g/mol. The molecule has 7 nitrogen and oxygen atoms in total. The van der Waals surface area contributed by atoms with Gasteiger partial charge in [0.05, 0.1) is 12.2 Å². The van der Waals surface area contributed by atoms with Gasteiger partial charge >= 0.3 is 0 Å². The number of nitrogens with zero attached hydrogens (tertiary/aromatic N) is 2. The maximum absolute atomic E-state index is 12.2. The Morgan fingerprint density at radius 2 is 2.03 bits per heavy atom. The van der Waals surface area contributed by atoms with Gasteiger partial charge in [0.25, 0.3) is 0 Å². The third kappa shape index (κ3) is 4.10. The van der Waals surface area contributed by atoms with Gasteiger partial charge in [0.1, 0.15) is 23.5 Å². The van der Waals surface area contributed by atoms with E-state index in [0.717, 1.165) is 58.9 Å². The summed E-state index contributed by atoms with van der Waals surface area (Å²) in [5.74, 6) is 8.64. The van der Waals surface area contributed by atoms with Gasteiger partial charge in [0.15, 0.2) is 0 Å². The third-order valence-electron chi connectivity index (χ3n) is 5.84. The summed E-state index contributed by atoms with van der Waals surface area (Å²) in [4.78, 5) is 21.0. The summed E-state index contributed by atoms with van der Waals surface area (Å²) in [5, 5.41) is 17.0. The SMILES string of the molecule is CNc1ncc(C#Cc2ccc3c(c2)CC[C@H](CO)O3)c2cc(NC(=O)C3CC3)ncc12. The number of aryl methyl sites for hydroxylation is 1. The minimum absolute atomic E-state index is 0.0205. The third-order valence-corrected chi connectivity index (χ3v) is 5.84. The molecule has 3 aromatic rings. The number of pyridine rings is 2. The lowest BCUT2D eigenvalue weighted by Crippen LogP contribution is -2.26. The maximum atomic E-state index is 12.2. The summed E-state index contributed by atoms with van der Waals surface area (Å²) < 4.78 is 5.79. The Morgan fingerprint density at radius 1 is 1.16 bits per heavy atom. The number of benzene rings is 1. The molecule has 32 heavy (non-hydrogen) atoms. The lowest BCUT2D eigenvalue weighted by molar-refractivity contribution is -0.117. The van der Waals surface area contributed by atoms with E-state index in [1.54, 1.807) is 12.4 Å². The minimum atomic E-state index is -0.134. The number of carbonyl (C=O) groups is 1. The molecule has 1 fully saturated rings. The number of anilines is 2. The number of amides is 1. The van der Waals surface area contributed by atoms with Crippen LogP contribution < -0.4 is 15.4 Å². The molecule has 0 saturated heterocycles. The summed E-state index contributed by atoms with van der Waals surface area (Å²) in [6.45, 7) is 0.0294. The second kappa shape index (κ2) is 8.48. The predicted molar refractivity (Wildman–Crippen MR) is 123 cm³/mol. The van der Waals surface area contributed by atoms with Gasteiger partial charge in [0.2, 0.25) is 5.91 Å². The van der Waals surface area contributed by atoms with Crippen molar-refractivity contribution in [1.29, 1.82) is 0 Å². The fourth-order valence-electron chi connectivity index (χ4n) is 3.87. The lowest BCUT2D eigenvalue weighted by Gasteiger charge is -2.24. The number of hydrogen-bond donors (Lipinski definition) is 3. The Hall–Kier alpha value is -3.63. The first-order chi connectivity index (χ1) is 15.6. The van der Waals surface area contributed by atoms with E-state index in [9.17, 15) is 9.90 Å². The van der Waals surface area contributed by atoms with Gasteiger partial charge in [-0.25, -0.2) is 9.97 Å². The number of hydrogen-bond acceptors (Lipinski definition) is 6. The van der Waals surface area contributed by atoms with E-state index in [-0.39, 0.29) is 24.5 Å². The first-order valence-corrected chi connectivity index (χ1v) is 10.8. The van der Waals surface area contributed by atoms with Crippen LogP contribution in [0.2, 0.25) is 0 Å². The average Bonchev–Trinajstić information content (AvgIpc) is 3.67. The molecule has 7 heteroatoms. The second-order valence-corrected chi connectivity index (χ2v) is 8.18. The Morgan fingerprint density at radius 3 is 2.81 bits per heavy atom. The fraction of sp³-hybridized carbons (Fsp3) is 0.320. The van der Waals surface area contributed by atoms with Gasteiger partial charge in [-0.05, 0) is 55.5 Å². The predicted octanol–water partition coefficient (Wildman–Crippen LogP) is 3.11. The average molecular weight is 428 g/mol. The van der Waals surface area contributed by atoms with E-state index in [0.29, 0.717) is 11.6 Å². The highest BCUT2D eigenvalue weighted by Crippen LogP contribution is 2.31. The summed E-state index contributed by atoms with van der Waals surface area (Å²) in [6.07, 6.45) is 6.85. The van der Waals surface area contributed by atoms with Crippen LogP contribution in [0.15, 0.2) is 36.7 Å². The molecular formula is C25H24N4O3. The van der Waals surface area contributed by atoms with E-state index in [2.05, 4.69) is 32.4 Å². The summed E-state index contributed by atoms with van der Waals surface area (Å²) in [6, 6.07) is 7.73. The smallest absolute Gasteiger partial charge is 0.228 e. The second-order valence-electron chi connectivity index (χ2n) is 8.18. The van der Waals surface area contributed by atoms with Gasteiger partial charge < -0.3 is 20.5 Å². The molecule has 0 radical (unpaired) electrons. The van der Waals surface area contributed by atoms with E-state index >= 15 is 0 Å². The largest absolute Gasteiger partial charge is 0.488 e. The van der Waals surface area contributed by atoms with Crippen LogP contribution in [0.4, 0.5) is 11.6 Å². The van der Waals surface area contributed by atoms with Crippen molar-refractivity contribution in [2.45, 2.75) is 31.8 Å². The zero-order valence-corrected chi connectivity index (χ0v) is 17.8. The molecule has 1 aromatic carbocycles. The van der Waals surface area contributed by atoms with Crippen LogP contribution in [-0.4, -0.2) is 40.7 Å². The molecule has 1 aliphatic carbocycles. The van der Waals surface area contributed by atoms with Crippen LogP contribution in [-0.2, 0) is 11.2 Å². The molecule has 1 aliphatic heterocycles. The molecule has 3 N–H and O–H groups in total. The number of aliphatic hydroxyl groups is 1. The van der Waals surface area contributed by atoms with Crippen molar-refractivity contribution in [3.8, 4) is 17.6 Å². The van der Waals surface area contributed by atoms with Crippen molar-refractivity contribution >= 4 is 28.3 Å². The number of aliphatic hydroxyl groups excluding tert-OH is 1. The van der Waals surface area contributed by atoms with Gasteiger partial charge in [-0.2, -0.15) is 0 Å². The summed E-state index contributed by atoms with van der Waals surface area (Å²) in [7, 11) is 1.81. The van der Waals surface area contributed by atoms with E-state index in [4.69, 9.17) is 4.74 Å². The van der Waals surface area contributed by atoms with Crippen LogP contribution in [0.25, 0.3) is 10.8 Å². The zero-order chi connectivity index (χ0) is 22.1. The maximum Gasteiger partial charge on any atom is 0.228 e. The van der Waals surface area contributed by atoms with Crippen LogP contribution >= 0.6 is 0 Å². The van der Waals surface area contributed by atoms with Crippen molar-refractivity contribution in [3.63, 3.8) is 0 Å². The Labute approximate surface area is 186 Å². The molecule has 0 bridgehead atoms. The quantitative estimate of drug-likeness (QED) is 0.553. The summed E-state index contributed by atoms with van der Waals surface area (Å²) in [5.41, 5.74) is 2.75. The molecule has 5 rings (SSSR count). The van der Waals surface area contributed by atoms with E-state index in [1.807, 2.05) is 31.3 Å². The molecule has 0 spiro atoms. The first kappa shape index (κ1) is 20.3. The Bertz CT molecular complexity index is 1260. The Balaban J connectivity index is 1.47. The topological polar surface area (TPSA) is 96.4 Å². The first-order valence-electron chi connectivity index (χ1n) is 10.8. The summed E-state index contributed by atoms with van der Waals surface area (Å²) >= 11 is 0. The van der Waals surface area contributed by atoms with Crippen molar-refractivity contribution < 1.29 is 14.6 Å². The van der Waals surface area contributed by atoms with Crippen LogP contribution in [0, 0.1) is 17.8 Å². The van der Waals surface area contributed by atoms with Crippen LogP contribution in [0.3, 0.4) is 0 Å². The van der Waals surface area contributed by atoms with Crippen LogP contribution in [0.5, 0.6) is 5.75 Å². The normalized spacial score (nSPS) is 17.0. The number of carbonyl (C=O) groups excluding carboxylic acids is 1. The molecule has 0 unspecified atom stereocenters. The highest BCUT2D eigenvalue weighted by atomic mass is 16.5. The lowest BCUT2D eigenvalue weighted by atomic mass is 10.00. The molecule has 2 aliphatic rings. The highest BCUT2D eigenvalue weighted by molar-refractivity contribution is 5.99. The highest BCUT2D eigenvalue weighted by Gasteiger charge is 2.29. The molecule has 1 amide bonds. The van der Waals surface area contributed by atoms with Crippen molar-refractivity contribution in [1.82, 2.24) is 9.97 Å². The number of rotatable bonds is 4. The fourth-order valence-corrected chi connectivity index (χ4v) is 3.87. The van der Waals surface area contributed by atoms with Crippen LogP contribution in [0.1, 0.15) is 36.0 Å². The number of aromatic nitrogens is 2. The molecule has 162 valence electrons. The molecule has 1 saturated carbocycles. The number of nitrogens with one attached hydrogen (secondary N) is 2. The van der Waals surface area contributed by atoms with Gasteiger partial charge in [-0.1, -0.05) is 11.8 Å². The van der Waals surface area contributed by atoms with E-state index < -0.39 is 0 Å². The molecule has 3 heterocycles. The van der Waals surface area contributed by atoms with Gasteiger partial charge in [0, 0.05) is 41.7 Å². The zero-order valence-electron chi connectivity index (χ0n) is 17.8. The molecule has 2 aromatic heterocycles. The van der Waals surface area contributed by atoms with Gasteiger partial charge in [-0.15, -0.1) is 0 Å². The minimum Gasteiger partial charge on any atom is -0.488 e. The van der Waals surface area contributed by atoms with Crippen molar-refractivity contribution in [3.05, 3.63) is 53.3 Å². The molecular weight excluding hydrogens is 404 g/mol. The van der Waals surface area contributed by atoms with Gasteiger partial charge in [-0.3, -0.25) is 4.79 Å². The Kier molecular flexibility index (Phi) is 5.38. The number of ether oxygens (including phenoxy) is 1. The standard InChI is InChI=1S/C25H24N4O3/c1-26-24-21-13-27-23(29-25(31)16-5-6-16)11-20(21)18(12-28-24)4-2-15-3-9-22-17(10-15)7-8-19(14-30)32-22/h3,9-13,16,19,30H,5-8,14H2,1H3,(H,26,28)(H,27,29,31)/t19-/m1/s1. The molecule has 1 atom stereocenters. The van der Waals surface area contributed by atoms with E-state index in [1.165, 1.54) is 0 Å². The van der Waals surface area contributed by atoms with Crippen molar-refractivity contribution in [2.24, 2.45) is 5.92 Å².